The van der Waals surface area contributed by atoms with Crippen molar-refractivity contribution in [3.63, 3.8) is 0 Å². The molecule has 1 amide bonds. The highest BCUT2D eigenvalue weighted by Gasteiger charge is 2.39. The number of fused-ring (bicyclic) bond motifs is 1. The first-order valence-electron chi connectivity index (χ1n) is 10.2. The predicted molar refractivity (Wildman–Crippen MR) is 105 cm³/mol. The van der Waals surface area contributed by atoms with Gasteiger partial charge in [-0.3, -0.25) is 9.89 Å². The van der Waals surface area contributed by atoms with Crippen molar-refractivity contribution in [1.29, 1.82) is 0 Å². The van der Waals surface area contributed by atoms with Crippen LogP contribution in [0.25, 0.3) is 0 Å². The molecule has 0 radical (unpaired) electrons. The molecule has 27 heavy (non-hydrogen) atoms. The van der Waals surface area contributed by atoms with E-state index in [2.05, 4.69) is 28.9 Å². The van der Waals surface area contributed by atoms with E-state index < -0.39 is 0 Å². The number of ether oxygens (including phenoxy) is 1. The van der Waals surface area contributed by atoms with Crippen LogP contribution in [0.3, 0.4) is 0 Å². The molecule has 1 N–H and O–H groups in total. The minimum Gasteiger partial charge on any atom is -0.493 e. The van der Waals surface area contributed by atoms with E-state index in [1.54, 1.807) is 0 Å². The highest BCUT2D eigenvalue weighted by Crippen LogP contribution is 2.34. The quantitative estimate of drug-likeness (QED) is 0.805. The topological polar surface area (TPSA) is 58.2 Å². The summed E-state index contributed by atoms with van der Waals surface area (Å²) in [5.74, 6) is 1.53. The maximum Gasteiger partial charge on any atom is 0.254 e. The molecule has 2 aliphatic rings. The number of nitrogens with zero attached hydrogens (tertiary/aromatic N) is 2. The van der Waals surface area contributed by atoms with Crippen LogP contribution in [0.15, 0.2) is 30.5 Å². The summed E-state index contributed by atoms with van der Waals surface area (Å²) in [5, 5.41) is 7.25. The fraction of sp³-hybridized carbons (Fsp3) is 0.545. The maximum atomic E-state index is 13.3. The van der Waals surface area contributed by atoms with Crippen LogP contribution in [0, 0.1) is 5.92 Å². The third kappa shape index (κ3) is 4.02. The number of carbonyl (C=O) groups excluding carboxylic acids is 1. The number of amides is 1. The van der Waals surface area contributed by atoms with Gasteiger partial charge < -0.3 is 9.64 Å². The van der Waals surface area contributed by atoms with Gasteiger partial charge in [-0.2, -0.15) is 5.10 Å². The van der Waals surface area contributed by atoms with Crippen molar-refractivity contribution in [1.82, 2.24) is 15.1 Å². The van der Waals surface area contributed by atoms with Gasteiger partial charge in [0, 0.05) is 23.3 Å². The summed E-state index contributed by atoms with van der Waals surface area (Å²) < 4.78 is 5.82. The maximum absolute atomic E-state index is 13.3. The lowest BCUT2D eigenvalue weighted by molar-refractivity contribution is 0.0642. The van der Waals surface area contributed by atoms with Gasteiger partial charge in [-0.15, -0.1) is 0 Å². The second kappa shape index (κ2) is 7.75. The van der Waals surface area contributed by atoms with Gasteiger partial charge in [0.1, 0.15) is 5.75 Å². The molecule has 1 saturated carbocycles. The van der Waals surface area contributed by atoms with E-state index >= 15 is 0 Å². The largest absolute Gasteiger partial charge is 0.493 e. The predicted octanol–water partition coefficient (Wildman–Crippen LogP) is 4.00. The molecule has 5 heteroatoms. The molecule has 0 spiro atoms. The molecule has 2 aliphatic carbocycles. The number of hydrogen-bond donors (Lipinski definition) is 1. The smallest absolute Gasteiger partial charge is 0.254 e. The van der Waals surface area contributed by atoms with Crippen LogP contribution in [-0.4, -0.2) is 39.7 Å². The number of benzene rings is 1. The van der Waals surface area contributed by atoms with Crippen molar-refractivity contribution in [2.45, 2.75) is 64.5 Å². The number of H-pyrrole nitrogens is 1. The molecule has 1 aromatic heterocycles. The molecule has 4 rings (SSSR count). The molecule has 1 heterocycles. The Balaban J connectivity index is 1.45. The third-order valence-electron chi connectivity index (χ3n) is 5.89. The minimum absolute atomic E-state index is 0.155. The van der Waals surface area contributed by atoms with Gasteiger partial charge in [-0.25, -0.2) is 0 Å². The zero-order valence-corrected chi connectivity index (χ0v) is 16.3. The second-order valence-corrected chi connectivity index (χ2v) is 8.06. The number of nitrogens with one attached hydrogen (secondary N) is 1. The highest BCUT2D eigenvalue weighted by molar-refractivity contribution is 5.95. The molecule has 1 aromatic carbocycles. The molecule has 2 aromatic rings. The highest BCUT2D eigenvalue weighted by atomic mass is 16.5. The van der Waals surface area contributed by atoms with E-state index in [1.807, 2.05) is 30.5 Å². The van der Waals surface area contributed by atoms with Crippen LogP contribution < -0.4 is 4.74 Å². The summed E-state index contributed by atoms with van der Waals surface area (Å²) >= 11 is 0. The third-order valence-corrected chi connectivity index (χ3v) is 5.89. The lowest BCUT2D eigenvalue weighted by atomic mass is 9.92. The average Bonchev–Trinajstić information content (AvgIpc) is 3.42. The van der Waals surface area contributed by atoms with E-state index in [-0.39, 0.29) is 11.9 Å². The van der Waals surface area contributed by atoms with Gasteiger partial charge in [0.05, 0.1) is 12.8 Å². The molecule has 144 valence electrons. The summed E-state index contributed by atoms with van der Waals surface area (Å²) in [5.41, 5.74) is 3.26. The summed E-state index contributed by atoms with van der Waals surface area (Å²) in [6, 6.07) is 8.35. The van der Waals surface area contributed by atoms with E-state index in [0.717, 1.165) is 49.8 Å². The number of aromatic nitrogens is 2. The van der Waals surface area contributed by atoms with Crippen LogP contribution in [0.2, 0.25) is 0 Å². The first-order valence-corrected chi connectivity index (χ1v) is 10.2. The average molecular weight is 367 g/mol. The van der Waals surface area contributed by atoms with Crippen LogP contribution in [-0.2, 0) is 12.8 Å². The molecule has 0 bridgehead atoms. The number of rotatable bonds is 7. The fourth-order valence-corrected chi connectivity index (χ4v) is 3.82. The Kier molecular flexibility index (Phi) is 5.19. The van der Waals surface area contributed by atoms with Crippen molar-refractivity contribution >= 4 is 5.91 Å². The number of aryl methyl sites for hydroxylation is 1. The normalized spacial score (nSPS) is 20.0. The molecule has 5 nitrogen and oxygen atoms in total. The minimum atomic E-state index is 0.155. The van der Waals surface area contributed by atoms with E-state index in [0.29, 0.717) is 18.6 Å². The first kappa shape index (κ1) is 18.1. The van der Waals surface area contributed by atoms with Gasteiger partial charge in [0.25, 0.3) is 5.91 Å². The Bertz CT molecular complexity index is 779. The second-order valence-electron chi connectivity index (χ2n) is 8.06. The zero-order chi connectivity index (χ0) is 18.8. The number of aromatic amines is 1. The van der Waals surface area contributed by atoms with Gasteiger partial charge in [-0.05, 0) is 67.9 Å². The van der Waals surface area contributed by atoms with E-state index in [4.69, 9.17) is 4.74 Å². The summed E-state index contributed by atoms with van der Waals surface area (Å²) in [6.45, 7) is 5.06. The standard InChI is InChI=1S/C22H29N3O2/c1-3-15(2)14-27-20-9-4-16(5-10-20)22(26)25(18-6-7-18)19-8-11-21-17(12-19)13-23-24-21/h4-5,9-10,13,15,18-19H,3,6-8,11-12,14H2,1-2H3,(H,23,24)/t15-,19?/m0/s1. The SMILES string of the molecule is CC[C@H](C)COc1ccc(C(=O)N(C2CC2)C2CCc3[nH]ncc3C2)cc1. The van der Waals surface area contributed by atoms with Crippen molar-refractivity contribution in [3.8, 4) is 5.75 Å². The Morgan fingerprint density at radius 2 is 2.04 bits per heavy atom. The van der Waals surface area contributed by atoms with Crippen LogP contribution in [0.4, 0.5) is 0 Å². The van der Waals surface area contributed by atoms with Gasteiger partial charge in [0.2, 0.25) is 0 Å². The van der Waals surface area contributed by atoms with Crippen molar-refractivity contribution in [2.24, 2.45) is 5.92 Å². The number of carbonyl (C=O) groups is 1. The lowest BCUT2D eigenvalue weighted by Gasteiger charge is -2.34. The first-order chi connectivity index (χ1) is 13.2. The van der Waals surface area contributed by atoms with Crippen LogP contribution in [0.5, 0.6) is 5.75 Å². The van der Waals surface area contributed by atoms with Crippen LogP contribution in [0.1, 0.15) is 61.1 Å². The molecule has 0 aliphatic heterocycles. The van der Waals surface area contributed by atoms with Crippen molar-refractivity contribution in [3.05, 3.63) is 47.3 Å². The number of hydrogen-bond acceptors (Lipinski definition) is 3. The van der Waals surface area contributed by atoms with E-state index in [1.165, 1.54) is 11.3 Å². The van der Waals surface area contributed by atoms with Crippen molar-refractivity contribution < 1.29 is 9.53 Å². The summed E-state index contributed by atoms with van der Waals surface area (Å²) in [6.07, 6.45) is 8.15. The molecular weight excluding hydrogens is 338 g/mol. The molecule has 2 atom stereocenters. The molecule has 1 unspecified atom stereocenters. The fourth-order valence-electron chi connectivity index (χ4n) is 3.82. The molecule has 1 fully saturated rings. The Labute approximate surface area is 161 Å². The molecular formula is C22H29N3O2. The lowest BCUT2D eigenvalue weighted by Crippen LogP contribution is -2.44. The summed E-state index contributed by atoms with van der Waals surface area (Å²) in [4.78, 5) is 15.4. The molecule has 0 saturated heterocycles. The van der Waals surface area contributed by atoms with E-state index in [9.17, 15) is 4.79 Å². The van der Waals surface area contributed by atoms with Crippen molar-refractivity contribution in [2.75, 3.05) is 6.61 Å². The van der Waals surface area contributed by atoms with Crippen LogP contribution >= 0.6 is 0 Å². The van der Waals surface area contributed by atoms with Gasteiger partial charge >= 0.3 is 0 Å². The zero-order valence-electron chi connectivity index (χ0n) is 16.3. The Hall–Kier alpha value is -2.30. The Morgan fingerprint density at radius 3 is 2.74 bits per heavy atom. The van der Waals surface area contributed by atoms with Gasteiger partial charge in [-0.1, -0.05) is 20.3 Å². The van der Waals surface area contributed by atoms with Gasteiger partial charge in [0.15, 0.2) is 0 Å². The summed E-state index contributed by atoms with van der Waals surface area (Å²) in [7, 11) is 0. The Morgan fingerprint density at radius 1 is 1.26 bits per heavy atom. The monoisotopic (exact) mass is 367 g/mol.